The molecule has 1 N–H and O–H groups in total. The number of nitrogens with zero attached hydrogens (tertiary/aromatic N) is 1. The second-order valence-electron chi connectivity index (χ2n) is 7.37. The van der Waals surface area contributed by atoms with E-state index in [-0.39, 0.29) is 24.4 Å². The fourth-order valence-corrected chi connectivity index (χ4v) is 2.95. The van der Waals surface area contributed by atoms with Crippen LogP contribution in [0.3, 0.4) is 0 Å². The Kier molecular flexibility index (Phi) is 4.64. The number of nitrogens with one attached hydrogen (secondary N) is 1. The average Bonchev–Trinajstić information content (AvgIpc) is 3.12. The first kappa shape index (κ1) is 17.3. The zero-order chi connectivity index (χ0) is 17.4. The lowest BCUT2D eigenvalue weighted by Crippen LogP contribution is -2.41. The summed E-state index contributed by atoms with van der Waals surface area (Å²) >= 11 is 0. The molecule has 24 heavy (non-hydrogen) atoms. The van der Waals surface area contributed by atoms with Crippen molar-refractivity contribution in [1.82, 2.24) is 9.88 Å². The molecule has 0 bridgehead atoms. The predicted molar refractivity (Wildman–Crippen MR) is 95.4 cm³/mol. The summed E-state index contributed by atoms with van der Waals surface area (Å²) in [5.41, 5.74) is 1.54. The topological polar surface area (TPSA) is 46.7 Å². The van der Waals surface area contributed by atoms with Gasteiger partial charge in [0.1, 0.15) is 0 Å². The Morgan fingerprint density at radius 1 is 1.25 bits per heavy atom. The molecule has 0 aromatic carbocycles. The Bertz CT molecular complexity index is 606. The fourth-order valence-electron chi connectivity index (χ4n) is 2.95. The molecule has 1 unspecified atom stereocenters. The van der Waals surface area contributed by atoms with Gasteiger partial charge in [-0.15, -0.1) is 0 Å². The lowest BCUT2D eigenvalue weighted by molar-refractivity contribution is 0.00578. The Labute approximate surface area is 144 Å². The van der Waals surface area contributed by atoms with Gasteiger partial charge in [-0.2, -0.15) is 0 Å². The SMILES string of the molecule is COCCN1C=CC(B2OC(C)(C)C(C)(C)O2)=CC1c1ccc[nH]1. The van der Waals surface area contributed by atoms with E-state index in [0.717, 1.165) is 17.7 Å². The van der Waals surface area contributed by atoms with Gasteiger partial charge in [0.2, 0.25) is 0 Å². The van der Waals surface area contributed by atoms with Gasteiger partial charge in [-0.3, -0.25) is 0 Å². The molecule has 3 rings (SSSR count). The van der Waals surface area contributed by atoms with Gasteiger partial charge in [-0.25, -0.2) is 0 Å². The van der Waals surface area contributed by atoms with Crippen LogP contribution in [0.2, 0.25) is 0 Å². The van der Waals surface area contributed by atoms with E-state index < -0.39 is 0 Å². The lowest BCUT2D eigenvalue weighted by Gasteiger charge is -2.32. The number of hydrogen-bond donors (Lipinski definition) is 1. The van der Waals surface area contributed by atoms with Crippen molar-refractivity contribution in [3.8, 4) is 0 Å². The number of methoxy groups -OCH3 is 1. The molecule has 1 saturated heterocycles. The van der Waals surface area contributed by atoms with E-state index in [1.165, 1.54) is 0 Å². The van der Waals surface area contributed by atoms with Crippen LogP contribution < -0.4 is 0 Å². The van der Waals surface area contributed by atoms with Crippen LogP contribution in [0.15, 0.2) is 42.2 Å². The Balaban J connectivity index is 1.84. The molecule has 1 aromatic rings. The maximum atomic E-state index is 6.19. The standard InChI is InChI=1S/C18H27BN2O3/c1-17(2)18(3,4)24-19(23-17)14-8-10-21(11-12-22-5)16(13-14)15-7-6-9-20-15/h6-10,13,16,20H,11-12H2,1-5H3. The van der Waals surface area contributed by atoms with Gasteiger partial charge >= 0.3 is 7.12 Å². The molecule has 0 aliphatic carbocycles. The smallest absolute Gasteiger partial charge is 0.399 e. The predicted octanol–water partition coefficient (Wildman–Crippen LogP) is 3.09. The highest BCUT2D eigenvalue weighted by atomic mass is 16.7. The summed E-state index contributed by atoms with van der Waals surface area (Å²) in [5.74, 6) is 0. The molecule has 5 nitrogen and oxygen atoms in total. The van der Waals surface area contributed by atoms with E-state index in [0.29, 0.717) is 6.61 Å². The van der Waals surface area contributed by atoms with Crippen LogP contribution in [-0.2, 0) is 14.0 Å². The van der Waals surface area contributed by atoms with Gasteiger partial charge in [0.25, 0.3) is 0 Å². The highest BCUT2D eigenvalue weighted by Crippen LogP contribution is 2.40. The van der Waals surface area contributed by atoms with Crippen LogP contribution in [0.25, 0.3) is 0 Å². The van der Waals surface area contributed by atoms with Crippen molar-refractivity contribution in [2.45, 2.75) is 44.9 Å². The van der Waals surface area contributed by atoms with Gasteiger partial charge < -0.3 is 23.9 Å². The third-order valence-corrected chi connectivity index (χ3v) is 5.19. The number of rotatable bonds is 5. The number of aromatic amines is 1. The zero-order valence-electron chi connectivity index (χ0n) is 15.2. The van der Waals surface area contributed by atoms with Crippen LogP contribution in [0.5, 0.6) is 0 Å². The van der Waals surface area contributed by atoms with Crippen molar-refractivity contribution in [2.75, 3.05) is 20.3 Å². The summed E-state index contributed by atoms with van der Waals surface area (Å²) in [6.07, 6.45) is 8.34. The minimum Gasteiger partial charge on any atom is -0.399 e. The lowest BCUT2D eigenvalue weighted by atomic mass is 9.75. The number of aromatic nitrogens is 1. The van der Waals surface area contributed by atoms with Crippen LogP contribution in [0.1, 0.15) is 39.4 Å². The number of H-pyrrole nitrogens is 1. The van der Waals surface area contributed by atoms with E-state index in [4.69, 9.17) is 14.0 Å². The molecule has 2 aliphatic heterocycles. The maximum Gasteiger partial charge on any atom is 0.494 e. The summed E-state index contributed by atoms with van der Waals surface area (Å²) in [6.45, 7) is 9.81. The quantitative estimate of drug-likeness (QED) is 0.843. The molecule has 6 heteroatoms. The molecule has 3 heterocycles. The molecule has 1 fully saturated rings. The third kappa shape index (κ3) is 3.18. The third-order valence-electron chi connectivity index (χ3n) is 5.19. The van der Waals surface area contributed by atoms with Crippen LogP contribution in [0.4, 0.5) is 0 Å². The molecule has 0 spiro atoms. The van der Waals surface area contributed by atoms with Crippen molar-refractivity contribution < 1.29 is 14.0 Å². The van der Waals surface area contributed by atoms with Gasteiger partial charge in [-0.1, -0.05) is 6.08 Å². The Morgan fingerprint density at radius 3 is 2.54 bits per heavy atom. The summed E-state index contributed by atoms with van der Waals surface area (Å²) < 4.78 is 17.6. The van der Waals surface area contributed by atoms with Crippen LogP contribution in [-0.4, -0.2) is 48.5 Å². The summed E-state index contributed by atoms with van der Waals surface area (Å²) in [5, 5.41) is 0. The molecular weight excluding hydrogens is 303 g/mol. The van der Waals surface area contributed by atoms with Gasteiger partial charge in [-0.05, 0) is 57.6 Å². The molecule has 1 aromatic heterocycles. The van der Waals surface area contributed by atoms with Crippen molar-refractivity contribution in [3.05, 3.63) is 47.8 Å². The number of ether oxygens (including phenoxy) is 1. The van der Waals surface area contributed by atoms with Crippen LogP contribution in [0, 0.1) is 0 Å². The summed E-state index contributed by atoms with van der Waals surface area (Å²) in [4.78, 5) is 5.57. The molecule has 1 atom stereocenters. The van der Waals surface area contributed by atoms with Gasteiger partial charge in [0.15, 0.2) is 0 Å². The van der Waals surface area contributed by atoms with Crippen molar-refractivity contribution in [3.63, 3.8) is 0 Å². The minimum absolute atomic E-state index is 0.120. The monoisotopic (exact) mass is 330 g/mol. The molecule has 0 saturated carbocycles. The van der Waals surface area contributed by atoms with Gasteiger partial charge in [0.05, 0.1) is 23.9 Å². The highest BCUT2D eigenvalue weighted by molar-refractivity contribution is 6.55. The van der Waals surface area contributed by atoms with E-state index in [2.05, 4.69) is 62.0 Å². The number of hydrogen-bond acceptors (Lipinski definition) is 4. The zero-order valence-corrected chi connectivity index (χ0v) is 15.2. The molecule has 2 aliphatic rings. The average molecular weight is 330 g/mol. The number of allylic oxidation sites excluding steroid dienone is 2. The normalized spacial score (nSPS) is 25.2. The first-order valence-electron chi connectivity index (χ1n) is 8.47. The van der Waals surface area contributed by atoms with E-state index in [1.807, 2.05) is 12.3 Å². The van der Waals surface area contributed by atoms with Gasteiger partial charge in [0, 0.05) is 25.5 Å². The van der Waals surface area contributed by atoms with E-state index in [1.54, 1.807) is 7.11 Å². The molecule has 0 amide bonds. The van der Waals surface area contributed by atoms with Crippen molar-refractivity contribution >= 4 is 7.12 Å². The highest BCUT2D eigenvalue weighted by Gasteiger charge is 2.52. The van der Waals surface area contributed by atoms with Crippen molar-refractivity contribution in [1.29, 1.82) is 0 Å². The molecule has 0 radical (unpaired) electrons. The summed E-state index contributed by atoms with van der Waals surface area (Å²) in [6, 6.07) is 4.24. The van der Waals surface area contributed by atoms with E-state index >= 15 is 0 Å². The Hall–Kier alpha value is -1.50. The first-order chi connectivity index (χ1) is 11.3. The second-order valence-corrected chi connectivity index (χ2v) is 7.37. The fraction of sp³-hybridized carbons (Fsp3) is 0.556. The molecule has 130 valence electrons. The Morgan fingerprint density at radius 2 is 1.96 bits per heavy atom. The maximum absolute atomic E-state index is 6.19. The summed E-state index contributed by atoms with van der Waals surface area (Å²) in [7, 11) is 1.39. The molecular formula is C18H27BN2O3. The second kappa shape index (κ2) is 6.43. The van der Waals surface area contributed by atoms with Crippen LogP contribution >= 0.6 is 0 Å². The van der Waals surface area contributed by atoms with Crippen molar-refractivity contribution in [2.24, 2.45) is 0 Å². The van der Waals surface area contributed by atoms with E-state index in [9.17, 15) is 0 Å². The first-order valence-corrected chi connectivity index (χ1v) is 8.47. The largest absolute Gasteiger partial charge is 0.494 e. The minimum atomic E-state index is -0.340.